The van der Waals surface area contributed by atoms with E-state index >= 15 is 0 Å². The van der Waals surface area contributed by atoms with E-state index in [9.17, 15) is 4.79 Å². The largest absolute Gasteiger partial charge is 0.469 e. The second-order valence-electron chi connectivity index (χ2n) is 6.65. The molecule has 0 aromatic rings. The summed E-state index contributed by atoms with van der Waals surface area (Å²) in [5.41, 5.74) is -0.112. The van der Waals surface area contributed by atoms with E-state index in [1.54, 1.807) is 0 Å². The van der Waals surface area contributed by atoms with Crippen LogP contribution in [-0.4, -0.2) is 36.6 Å². The van der Waals surface area contributed by atoms with Crippen molar-refractivity contribution >= 4 is 5.97 Å². The van der Waals surface area contributed by atoms with Gasteiger partial charge in [0.25, 0.3) is 0 Å². The van der Waals surface area contributed by atoms with Gasteiger partial charge < -0.3 is 4.74 Å². The van der Waals surface area contributed by atoms with Gasteiger partial charge in [-0.05, 0) is 66.5 Å². The molecule has 1 fully saturated rings. The molecule has 1 rings (SSSR count). The standard InChI is InChI=1S/C14H27NO2/c1-13(2,3)15-9-7-11(8-10-15)14(4,5)12(16)17-6/h11H,7-10H2,1-6H3. The van der Waals surface area contributed by atoms with Crippen LogP contribution in [0.15, 0.2) is 0 Å². The summed E-state index contributed by atoms with van der Waals surface area (Å²) < 4.78 is 4.91. The minimum Gasteiger partial charge on any atom is -0.469 e. The summed E-state index contributed by atoms with van der Waals surface area (Å²) in [7, 11) is 1.48. The van der Waals surface area contributed by atoms with Crippen LogP contribution in [0.25, 0.3) is 0 Å². The molecule has 0 unspecified atom stereocenters. The number of likely N-dealkylation sites (tertiary alicyclic amines) is 1. The lowest BCUT2D eigenvalue weighted by atomic mass is 9.73. The van der Waals surface area contributed by atoms with Crippen molar-refractivity contribution in [1.29, 1.82) is 0 Å². The summed E-state index contributed by atoms with van der Waals surface area (Å²) in [6.07, 6.45) is 2.17. The summed E-state index contributed by atoms with van der Waals surface area (Å²) in [6.45, 7) is 12.9. The predicted octanol–water partition coefficient (Wildman–Crippen LogP) is 2.70. The zero-order valence-corrected chi connectivity index (χ0v) is 12.2. The first kappa shape index (κ1) is 14.5. The van der Waals surface area contributed by atoms with Crippen LogP contribution in [0.3, 0.4) is 0 Å². The minimum atomic E-state index is -0.348. The number of piperidine rings is 1. The Morgan fingerprint density at radius 2 is 1.59 bits per heavy atom. The molecule has 0 bridgehead atoms. The molecule has 1 aliphatic rings. The first-order valence-electron chi connectivity index (χ1n) is 6.53. The fraction of sp³-hybridized carbons (Fsp3) is 0.929. The van der Waals surface area contributed by atoms with Gasteiger partial charge >= 0.3 is 5.97 Å². The highest BCUT2D eigenvalue weighted by Gasteiger charge is 2.40. The Kier molecular flexibility index (Phi) is 4.23. The maximum Gasteiger partial charge on any atom is 0.311 e. The maximum absolute atomic E-state index is 11.8. The zero-order chi connectivity index (χ0) is 13.3. The lowest BCUT2D eigenvalue weighted by Crippen LogP contribution is -2.49. The number of nitrogens with zero attached hydrogens (tertiary/aromatic N) is 1. The van der Waals surface area contributed by atoms with E-state index in [0.29, 0.717) is 5.92 Å². The SMILES string of the molecule is COC(=O)C(C)(C)C1CCN(C(C)(C)C)CC1. The monoisotopic (exact) mass is 241 g/mol. The molecule has 0 spiro atoms. The number of carbonyl (C=O) groups is 1. The Morgan fingerprint density at radius 3 is 1.94 bits per heavy atom. The molecule has 17 heavy (non-hydrogen) atoms. The van der Waals surface area contributed by atoms with Crippen molar-refractivity contribution in [1.82, 2.24) is 4.90 Å². The Morgan fingerprint density at radius 1 is 1.12 bits per heavy atom. The van der Waals surface area contributed by atoms with Gasteiger partial charge in [-0.25, -0.2) is 0 Å². The number of ether oxygens (including phenoxy) is 1. The van der Waals surface area contributed by atoms with Crippen molar-refractivity contribution in [2.45, 2.75) is 53.0 Å². The smallest absolute Gasteiger partial charge is 0.311 e. The summed E-state index contributed by atoms with van der Waals surface area (Å²) in [5, 5.41) is 0. The van der Waals surface area contributed by atoms with Crippen molar-refractivity contribution in [2.75, 3.05) is 20.2 Å². The summed E-state index contributed by atoms with van der Waals surface area (Å²) in [6, 6.07) is 0. The molecule has 0 aromatic heterocycles. The quantitative estimate of drug-likeness (QED) is 0.696. The molecule has 0 N–H and O–H groups in total. The van der Waals surface area contributed by atoms with Crippen LogP contribution >= 0.6 is 0 Å². The minimum absolute atomic E-state index is 0.0771. The predicted molar refractivity (Wildman–Crippen MR) is 69.8 cm³/mol. The van der Waals surface area contributed by atoms with Gasteiger partial charge in [0, 0.05) is 5.54 Å². The molecule has 0 amide bonds. The topological polar surface area (TPSA) is 29.5 Å². The van der Waals surface area contributed by atoms with Crippen molar-refractivity contribution < 1.29 is 9.53 Å². The second kappa shape index (κ2) is 4.97. The van der Waals surface area contributed by atoms with Crippen molar-refractivity contribution in [3.05, 3.63) is 0 Å². The van der Waals surface area contributed by atoms with Crippen LogP contribution in [0, 0.1) is 11.3 Å². The highest BCUT2D eigenvalue weighted by atomic mass is 16.5. The lowest BCUT2D eigenvalue weighted by molar-refractivity contribution is -0.155. The van der Waals surface area contributed by atoms with E-state index in [2.05, 4.69) is 25.7 Å². The molecule has 0 radical (unpaired) electrons. The molecule has 100 valence electrons. The van der Waals surface area contributed by atoms with Crippen LogP contribution in [-0.2, 0) is 9.53 Å². The van der Waals surface area contributed by atoms with Gasteiger partial charge in [0.2, 0.25) is 0 Å². The third-order valence-corrected chi connectivity index (χ3v) is 4.18. The van der Waals surface area contributed by atoms with E-state index in [0.717, 1.165) is 25.9 Å². The number of hydrogen-bond donors (Lipinski definition) is 0. The zero-order valence-electron chi connectivity index (χ0n) is 12.2. The summed E-state index contributed by atoms with van der Waals surface area (Å²) in [5.74, 6) is 0.361. The van der Waals surface area contributed by atoms with Gasteiger partial charge in [-0.1, -0.05) is 0 Å². The number of hydrogen-bond acceptors (Lipinski definition) is 3. The van der Waals surface area contributed by atoms with Crippen LogP contribution < -0.4 is 0 Å². The van der Waals surface area contributed by atoms with Gasteiger partial charge in [-0.15, -0.1) is 0 Å². The first-order chi connectivity index (χ1) is 7.69. The molecule has 1 saturated heterocycles. The molecule has 0 atom stereocenters. The Balaban J connectivity index is 2.61. The van der Waals surface area contributed by atoms with Crippen LogP contribution in [0.5, 0.6) is 0 Å². The number of methoxy groups -OCH3 is 1. The second-order valence-corrected chi connectivity index (χ2v) is 6.65. The normalized spacial score (nSPS) is 20.4. The van der Waals surface area contributed by atoms with Crippen LogP contribution in [0.4, 0.5) is 0 Å². The van der Waals surface area contributed by atoms with Gasteiger partial charge in [-0.2, -0.15) is 0 Å². The number of carbonyl (C=O) groups excluding carboxylic acids is 1. The average molecular weight is 241 g/mol. The Hall–Kier alpha value is -0.570. The van der Waals surface area contributed by atoms with Crippen LogP contribution in [0.2, 0.25) is 0 Å². The van der Waals surface area contributed by atoms with Gasteiger partial charge in [-0.3, -0.25) is 9.69 Å². The maximum atomic E-state index is 11.8. The van der Waals surface area contributed by atoms with Crippen LogP contribution in [0.1, 0.15) is 47.5 Å². The molecular weight excluding hydrogens is 214 g/mol. The summed E-state index contributed by atoms with van der Waals surface area (Å²) in [4.78, 5) is 14.3. The Bertz CT molecular complexity index is 270. The number of esters is 1. The molecule has 3 heteroatoms. The average Bonchev–Trinajstić information content (AvgIpc) is 2.27. The van der Waals surface area contributed by atoms with Gasteiger partial charge in [0.1, 0.15) is 0 Å². The van der Waals surface area contributed by atoms with E-state index < -0.39 is 0 Å². The molecular formula is C14H27NO2. The molecule has 0 aliphatic carbocycles. The highest BCUT2D eigenvalue weighted by molar-refractivity contribution is 5.76. The van der Waals surface area contributed by atoms with E-state index in [4.69, 9.17) is 4.74 Å². The molecule has 0 saturated carbocycles. The lowest BCUT2D eigenvalue weighted by Gasteiger charge is -2.44. The van der Waals surface area contributed by atoms with Crippen molar-refractivity contribution in [2.24, 2.45) is 11.3 Å². The van der Waals surface area contributed by atoms with Gasteiger partial charge in [0.15, 0.2) is 0 Å². The van der Waals surface area contributed by atoms with Crippen molar-refractivity contribution in [3.63, 3.8) is 0 Å². The molecule has 1 aliphatic heterocycles. The fourth-order valence-corrected chi connectivity index (χ4v) is 2.70. The Labute approximate surface area is 106 Å². The third-order valence-electron chi connectivity index (χ3n) is 4.18. The highest BCUT2D eigenvalue weighted by Crippen LogP contribution is 2.37. The number of rotatable bonds is 2. The van der Waals surface area contributed by atoms with Gasteiger partial charge in [0.05, 0.1) is 12.5 Å². The van der Waals surface area contributed by atoms with Crippen molar-refractivity contribution in [3.8, 4) is 0 Å². The first-order valence-corrected chi connectivity index (χ1v) is 6.53. The molecule has 1 heterocycles. The third kappa shape index (κ3) is 3.21. The molecule has 0 aromatic carbocycles. The molecule has 3 nitrogen and oxygen atoms in total. The van der Waals surface area contributed by atoms with E-state index in [1.165, 1.54) is 7.11 Å². The fourth-order valence-electron chi connectivity index (χ4n) is 2.70. The van der Waals surface area contributed by atoms with E-state index in [-0.39, 0.29) is 16.9 Å². The summed E-state index contributed by atoms with van der Waals surface area (Å²) >= 11 is 0. The van der Waals surface area contributed by atoms with E-state index in [1.807, 2.05) is 13.8 Å².